The molecular weight excluding hydrogens is 252 g/mol. The lowest BCUT2D eigenvalue weighted by Crippen LogP contribution is -2.25. The second-order valence-electron chi connectivity index (χ2n) is 4.49. The van der Waals surface area contributed by atoms with Crippen molar-refractivity contribution in [3.8, 4) is 0 Å². The third-order valence-electron chi connectivity index (χ3n) is 2.73. The summed E-state index contributed by atoms with van der Waals surface area (Å²) in [6.45, 7) is -0.738. The number of ether oxygens (including phenoxy) is 1. The molecule has 0 aliphatic heterocycles. The van der Waals surface area contributed by atoms with Crippen LogP contribution in [-0.2, 0) is 14.3 Å². The minimum atomic E-state index is -0.816. The summed E-state index contributed by atoms with van der Waals surface area (Å²) >= 11 is 0. The van der Waals surface area contributed by atoms with E-state index in [1.54, 1.807) is 0 Å². The molecule has 0 aliphatic carbocycles. The quantitative estimate of drug-likeness (QED) is 0.364. The molecule has 0 aromatic heterocycles. The van der Waals surface area contributed by atoms with Gasteiger partial charge in [0.15, 0.2) is 0 Å². The first-order valence-corrected chi connectivity index (χ1v) is 6.73. The zero-order chi connectivity index (χ0) is 14.5. The second-order valence-corrected chi connectivity index (χ2v) is 4.49. The fourth-order valence-electron chi connectivity index (χ4n) is 1.63. The Morgan fingerprint density at radius 3 is 1.79 bits per heavy atom. The summed E-state index contributed by atoms with van der Waals surface area (Å²) in [5.74, 6) is -1.16. The minimum Gasteiger partial charge on any atom is -0.481 e. The van der Waals surface area contributed by atoms with Gasteiger partial charge in [-0.1, -0.05) is 25.7 Å². The monoisotopic (exact) mass is 276 g/mol. The maximum absolute atomic E-state index is 11.3. The number of carboxylic acids is 1. The zero-order valence-electron chi connectivity index (χ0n) is 11.2. The van der Waals surface area contributed by atoms with Gasteiger partial charge >= 0.3 is 11.9 Å². The second kappa shape index (κ2) is 11.9. The van der Waals surface area contributed by atoms with Crippen LogP contribution in [0.3, 0.4) is 0 Å². The van der Waals surface area contributed by atoms with E-state index >= 15 is 0 Å². The fraction of sp³-hybridized carbons (Fsp3) is 0.846. The van der Waals surface area contributed by atoms with E-state index in [2.05, 4.69) is 0 Å². The number of carbonyl (C=O) groups excluding carboxylic acids is 1. The SMILES string of the molecule is O=C(O)CCCCCCCCC(=O)OC(CO)CO. The first kappa shape index (κ1) is 17.9. The Morgan fingerprint density at radius 2 is 1.32 bits per heavy atom. The standard InChI is InChI=1S/C13H24O6/c14-9-11(10-15)19-13(18)8-6-4-2-1-3-5-7-12(16)17/h11,14-15H,1-10H2,(H,16,17). The Bertz CT molecular complexity index is 250. The van der Waals surface area contributed by atoms with E-state index in [9.17, 15) is 9.59 Å². The van der Waals surface area contributed by atoms with Gasteiger partial charge in [0.1, 0.15) is 6.10 Å². The molecule has 6 nitrogen and oxygen atoms in total. The van der Waals surface area contributed by atoms with E-state index in [-0.39, 0.29) is 26.1 Å². The highest BCUT2D eigenvalue weighted by molar-refractivity contribution is 5.69. The van der Waals surface area contributed by atoms with Crippen molar-refractivity contribution in [1.82, 2.24) is 0 Å². The average molecular weight is 276 g/mol. The Morgan fingerprint density at radius 1 is 0.842 bits per heavy atom. The molecule has 0 aliphatic rings. The molecule has 0 saturated carbocycles. The Balaban J connectivity index is 3.34. The number of aliphatic hydroxyl groups is 2. The van der Waals surface area contributed by atoms with E-state index in [0.29, 0.717) is 12.8 Å². The number of hydrogen-bond acceptors (Lipinski definition) is 5. The summed E-state index contributed by atoms with van der Waals surface area (Å²) in [6.07, 6.45) is 4.83. The smallest absolute Gasteiger partial charge is 0.306 e. The third kappa shape index (κ3) is 11.7. The average Bonchev–Trinajstić information content (AvgIpc) is 2.38. The molecule has 0 fully saturated rings. The number of hydrogen-bond donors (Lipinski definition) is 3. The predicted octanol–water partition coefficient (Wildman–Crippen LogP) is 1.09. The van der Waals surface area contributed by atoms with Gasteiger partial charge < -0.3 is 20.1 Å². The summed E-state index contributed by atoms with van der Waals surface area (Å²) in [5, 5.41) is 25.9. The molecule has 0 bridgehead atoms. The maximum Gasteiger partial charge on any atom is 0.306 e. The number of aliphatic hydroxyl groups excluding tert-OH is 2. The molecule has 0 radical (unpaired) electrons. The van der Waals surface area contributed by atoms with Crippen molar-refractivity contribution in [2.75, 3.05) is 13.2 Å². The van der Waals surface area contributed by atoms with Crippen LogP contribution >= 0.6 is 0 Å². The highest BCUT2D eigenvalue weighted by atomic mass is 16.6. The maximum atomic E-state index is 11.3. The predicted molar refractivity (Wildman–Crippen MR) is 68.6 cm³/mol. The molecule has 112 valence electrons. The molecule has 19 heavy (non-hydrogen) atoms. The molecule has 0 aromatic carbocycles. The molecule has 6 heteroatoms. The van der Waals surface area contributed by atoms with Crippen molar-refractivity contribution in [3.05, 3.63) is 0 Å². The molecule has 0 unspecified atom stereocenters. The van der Waals surface area contributed by atoms with Crippen LogP contribution in [0.15, 0.2) is 0 Å². The lowest BCUT2D eigenvalue weighted by molar-refractivity contribution is -0.153. The summed E-state index contributed by atoms with van der Waals surface area (Å²) in [4.78, 5) is 21.5. The van der Waals surface area contributed by atoms with Gasteiger partial charge in [-0.25, -0.2) is 0 Å². The Hall–Kier alpha value is -1.14. The Labute approximate surface area is 113 Å². The highest BCUT2D eigenvalue weighted by Gasteiger charge is 2.11. The molecule has 0 amide bonds. The molecule has 0 aromatic rings. The largest absolute Gasteiger partial charge is 0.481 e. The fourth-order valence-corrected chi connectivity index (χ4v) is 1.63. The normalized spacial score (nSPS) is 10.7. The van der Waals surface area contributed by atoms with Crippen LogP contribution in [0.2, 0.25) is 0 Å². The summed E-state index contributed by atoms with van der Waals surface area (Å²) in [5.41, 5.74) is 0. The van der Waals surface area contributed by atoms with Crippen LogP contribution in [0.4, 0.5) is 0 Å². The van der Waals surface area contributed by atoms with E-state index in [4.69, 9.17) is 20.1 Å². The van der Waals surface area contributed by atoms with E-state index < -0.39 is 18.0 Å². The molecular formula is C13H24O6. The van der Waals surface area contributed by atoms with Gasteiger partial charge in [0.2, 0.25) is 0 Å². The van der Waals surface area contributed by atoms with Gasteiger partial charge in [0.25, 0.3) is 0 Å². The van der Waals surface area contributed by atoms with Crippen molar-refractivity contribution in [2.24, 2.45) is 0 Å². The van der Waals surface area contributed by atoms with Gasteiger partial charge in [0, 0.05) is 12.8 Å². The van der Waals surface area contributed by atoms with Crippen LogP contribution in [-0.4, -0.2) is 46.6 Å². The summed E-state index contributed by atoms with van der Waals surface area (Å²) in [6, 6.07) is 0. The van der Waals surface area contributed by atoms with Crippen molar-refractivity contribution in [3.63, 3.8) is 0 Å². The number of carboxylic acid groups (broad SMARTS) is 1. The highest BCUT2D eigenvalue weighted by Crippen LogP contribution is 2.09. The number of rotatable bonds is 12. The topological polar surface area (TPSA) is 104 Å². The Kier molecular flexibility index (Phi) is 11.2. The van der Waals surface area contributed by atoms with Crippen LogP contribution in [0, 0.1) is 0 Å². The molecule has 0 spiro atoms. The van der Waals surface area contributed by atoms with Crippen molar-refractivity contribution >= 4 is 11.9 Å². The van der Waals surface area contributed by atoms with Crippen molar-refractivity contribution in [1.29, 1.82) is 0 Å². The van der Waals surface area contributed by atoms with E-state index in [1.165, 1.54) is 0 Å². The van der Waals surface area contributed by atoms with Crippen LogP contribution < -0.4 is 0 Å². The van der Waals surface area contributed by atoms with Crippen LogP contribution in [0.1, 0.15) is 51.4 Å². The summed E-state index contributed by atoms with van der Waals surface area (Å²) in [7, 11) is 0. The van der Waals surface area contributed by atoms with E-state index in [0.717, 1.165) is 25.7 Å². The van der Waals surface area contributed by atoms with E-state index in [1.807, 2.05) is 0 Å². The number of unbranched alkanes of at least 4 members (excludes halogenated alkanes) is 5. The minimum absolute atomic E-state index is 0.218. The lowest BCUT2D eigenvalue weighted by atomic mass is 10.1. The molecule has 3 N–H and O–H groups in total. The molecule has 0 atom stereocenters. The van der Waals surface area contributed by atoms with Crippen molar-refractivity contribution < 1.29 is 29.6 Å². The van der Waals surface area contributed by atoms with Gasteiger partial charge in [-0.3, -0.25) is 9.59 Å². The first-order valence-electron chi connectivity index (χ1n) is 6.73. The zero-order valence-corrected chi connectivity index (χ0v) is 11.2. The van der Waals surface area contributed by atoms with Crippen molar-refractivity contribution in [2.45, 2.75) is 57.5 Å². The van der Waals surface area contributed by atoms with Gasteiger partial charge in [0.05, 0.1) is 13.2 Å². The third-order valence-corrected chi connectivity index (χ3v) is 2.73. The molecule has 0 heterocycles. The first-order chi connectivity index (χ1) is 9.10. The number of carbonyl (C=O) groups is 2. The van der Waals surface area contributed by atoms with Crippen LogP contribution in [0.25, 0.3) is 0 Å². The molecule has 0 saturated heterocycles. The summed E-state index contributed by atoms with van der Waals surface area (Å²) < 4.78 is 4.82. The van der Waals surface area contributed by atoms with Crippen LogP contribution in [0.5, 0.6) is 0 Å². The van der Waals surface area contributed by atoms with Gasteiger partial charge in [-0.2, -0.15) is 0 Å². The number of aliphatic carboxylic acids is 1. The number of esters is 1. The van der Waals surface area contributed by atoms with Gasteiger partial charge in [-0.05, 0) is 12.8 Å². The lowest BCUT2D eigenvalue weighted by Gasteiger charge is -2.12. The molecule has 0 rings (SSSR count). The van der Waals surface area contributed by atoms with Gasteiger partial charge in [-0.15, -0.1) is 0 Å².